The van der Waals surface area contributed by atoms with Gasteiger partial charge in [-0.1, -0.05) is 19.4 Å². The summed E-state index contributed by atoms with van der Waals surface area (Å²) < 4.78 is 0.549. The lowest BCUT2D eigenvalue weighted by atomic mass is 10.1. The van der Waals surface area contributed by atoms with Crippen LogP contribution >= 0.6 is 15.9 Å². The molecule has 1 aliphatic rings. The van der Waals surface area contributed by atoms with Gasteiger partial charge in [0.15, 0.2) is 0 Å². The summed E-state index contributed by atoms with van der Waals surface area (Å²) in [6, 6.07) is 6.12. The molecule has 0 bridgehead atoms. The van der Waals surface area contributed by atoms with Crippen LogP contribution in [0.2, 0.25) is 0 Å². The Morgan fingerprint density at radius 1 is 1.47 bits per heavy atom. The first-order valence-corrected chi connectivity index (χ1v) is 7.58. The van der Waals surface area contributed by atoms with Crippen molar-refractivity contribution in [2.45, 2.75) is 45.2 Å². The first-order chi connectivity index (χ1) is 9.11. The molecular formula is C14H19BrN2O2. The maximum absolute atomic E-state index is 10.9. The van der Waals surface area contributed by atoms with E-state index in [1.807, 2.05) is 6.07 Å². The molecule has 1 aromatic carbocycles. The number of nitro groups is 1. The maximum Gasteiger partial charge on any atom is 0.283 e. The predicted molar refractivity (Wildman–Crippen MR) is 79.1 cm³/mol. The molecule has 0 amide bonds. The van der Waals surface area contributed by atoms with Crippen LogP contribution in [-0.2, 0) is 6.54 Å². The molecule has 1 fully saturated rings. The minimum Gasteiger partial charge on any atom is -0.296 e. The predicted octanol–water partition coefficient (Wildman–Crippen LogP) is 4.12. The van der Waals surface area contributed by atoms with E-state index in [0.29, 0.717) is 10.5 Å². The molecule has 1 saturated carbocycles. The summed E-state index contributed by atoms with van der Waals surface area (Å²) in [6.45, 7) is 4.10. The Morgan fingerprint density at radius 2 is 2.21 bits per heavy atom. The van der Waals surface area contributed by atoms with Gasteiger partial charge in [0.2, 0.25) is 0 Å². The van der Waals surface area contributed by atoms with Gasteiger partial charge >= 0.3 is 0 Å². The number of rotatable bonds is 7. The fraction of sp³-hybridized carbons (Fsp3) is 0.571. The van der Waals surface area contributed by atoms with E-state index in [-0.39, 0.29) is 10.6 Å². The second-order valence-electron chi connectivity index (χ2n) is 5.10. The second kappa shape index (κ2) is 6.48. The highest BCUT2D eigenvalue weighted by molar-refractivity contribution is 9.10. The first kappa shape index (κ1) is 14.5. The SMILES string of the molecule is CCCCN(Cc1ccc(Br)c([N+](=O)[O-])c1)C1CC1. The van der Waals surface area contributed by atoms with Crippen molar-refractivity contribution in [1.82, 2.24) is 4.90 Å². The quantitative estimate of drug-likeness (QED) is 0.559. The molecule has 104 valence electrons. The van der Waals surface area contributed by atoms with Gasteiger partial charge in [0.05, 0.1) is 9.40 Å². The Labute approximate surface area is 122 Å². The highest BCUT2D eigenvalue weighted by atomic mass is 79.9. The lowest BCUT2D eigenvalue weighted by molar-refractivity contribution is -0.385. The molecule has 0 aromatic heterocycles. The number of hydrogen-bond acceptors (Lipinski definition) is 3. The minimum atomic E-state index is -0.332. The molecule has 0 radical (unpaired) electrons. The number of unbranched alkanes of at least 4 members (excludes halogenated alkanes) is 1. The van der Waals surface area contributed by atoms with E-state index in [2.05, 4.69) is 27.8 Å². The van der Waals surface area contributed by atoms with E-state index in [9.17, 15) is 10.1 Å². The van der Waals surface area contributed by atoms with Crippen LogP contribution in [-0.4, -0.2) is 22.4 Å². The highest BCUT2D eigenvalue weighted by Gasteiger charge is 2.28. The largest absolute Gasteiger partial charge is 0.296 e. The van der Waals surface area contributed by atoms with Gasteiger partial charge in [-0.15, -0.1) is 0 Å². The van der Waals surface area contributed by atoms with Gasteiger partial charge in [-0.3, -0.25) is 15.0 Å². The third-order valence-corrected chi connectivity index (χ3v) is 4.13. The van der Waals surface area contributed by atoms with E-state index < -0.39 is 0 Å². The summed E-state index contributed by atoms with van der Waals surface area (Å²) in [7, 11) is 0. The lowest BCUT2D eigenvalue weighted by Gasteiger charge is -2.21. The van der Waals surface area contributed by atoms with Gasteiger partial charge in [-0.25, -0.2) is 0 Å². The average Bonchev–Trinajstić information content (AvgIpc) is 3.20. The normalized spacial score (nSPS) is 14.9. The van der Waals surface area contributed by atoms with Crippen molar-refractivity contribution in [3.63, 3.8) is 0 Å². The van der Waals surface area contributed by atoms with Crippen LogP contribution in [0.3, 0.4) is 0 Å². The van der Waals surface area contributed by atoms with Gasteiger partial charge in [0.25, 0.3) is 5.69 Å². The van der Waals surface area contributed by atoms with Gasteiger partial charge in [0, 0.05) is 18.7 Å². The highest BCUT2D eigenvalue weighted by Crippen LogP contribution is 2.30. The van der Waals surface area contributed by atoms with Crippen LogP contribution in [0.1, 0.15) is 38.2 Å². The first-order valence-electron chi connectivity index (χ1n) is 6.78. The number of hydrogen-bond donors (Lipinski definition) is 0. The zero-order valence-electron chi connectivity index (χ0n) is 11.1. The van der Waals surface area contributed by atoms with E-state index in [4.69, 9.17) is 0 Å². The third-order valence-electron chi connectivity index (χ3n) is 3.46. The number of nitrogens with zero attached hydrogens (tertiary/aromatic N) is 2. The summed E-state index contributed by atoms with van der Waals surface area (Å²) in [5.41, 5.74) is 1.18. The Morgan fingerprint density at radius 3 is 2.79 bits per heavy atom. The van der Waals surface area contributed by atoms with Crippen molar-refractivity contribution in [3.05, 3.63) is 38.3 Å². The molecule has 1 aliphatic carbocycles. The topological polar surface area (TPSA) is 46.4 Å². The van der Waals surface area contributed by atoms with Gasteiger partial charge in [-0.05, 0) is 53.4 Å². The van der Waals surface area contributed by atoms with Gasteiger partial charge in [0.1, 0.15) is 0 Å². The molecule has 5 heteroatoms. The monoisotopic (exact) mass is 326 g/mol. The summed E-state index contributed by atoms with van der Waals surface area (Å²) >= 11 is 3.23. The number of halogens is 1. The van der Waals surface area contributed by atoms with Crippen molar-refractivity contribution in [2.75, 3.05) is 6.54 Å². The molecule has 0 unspecified atom stereocenters. The van der Waals surface area contributed by atoms with Gasteiger partial charge < -0.3 is 0 Å². The molecule has 0 heterocycles. The lowest BCUT2D eigenvalue weighted by Crippen LogP contribution is -2.26. The van der Waals surface area contributed by atoms with Crippen molar-refractivity contribution < 1.29 is 4.92 Å². The molecule has 1 aromatic rings. The molecule has 19 heavy (non-hydrogen) atoms. The van der Waals surface area contributed by atoms with E-state index in [1.165, 1.54) is 25.7 Å². The molecular weight excluding hydrogens is 308 g/mol. The minimum absolute atomic E-state index is 0.156. The third kappa shape index (κ3) is 4.01. The zero-order valence-corrected chi connectivity index (χ0v) is 12.7. The van der Waals surface area contributed by atoms with Crippen molar-refractivity contribution in [3.8, 4) is 0 Å². The Balaban J connectivity index is 2.08. The van der Waals surface area contributed by atoms with Crippen LogP contribution in [0.5, 0.6) is 0 Å². The van der Waals surface area contributed by atoms with Crippen LogP contribution in [0.25, 0.3) is 0 Å². The summed E-state index contributed by atoms with van der Waals surface area (Å²) in [5, 5.41) is 10.9. The molecule has 0 aliphatic heterocycles. The molecule has 2 rings (SSSR count). The molecule has 0 spiro atoms. The zero-order chi connectivity index (χ0) is 13.8. The van der Waals surface area contributed by atoms with E-state index in [1.54, 1.807) is 12.1 Å². The smallest absolute Gasteiger partial charge is 0.283 e. The second-order valence-corrected chi connectivity index (χ2v) is 5.95. The number of nitro benzene ring substituents is 1. The van der Waals surface area contributed by atoms with E-state index >= 15 is 0 Å². The molecule has 4 nitrogen and oxygen atoms in total. The number of benzene rings is 1. The van der Waals surface area contributed by atoms with Gasteiger partial charge in [-0.2, -0.15) is 0 Å². The van der Waals surface area contributed by atoms with Crippen molar-refractivity contribution in [1.29, 1.82) is 0 Å². The maximum atomic E-state index is 10.9. The summed E-state index contributed by atoms with van der Waals surface area (Å²) in [4.78, 5) is 13.1. The Hall–Kier alpha value is -0.940. The fourth-order valence-corrected chi connectivity index (χ4v) is 2.61. The molecule has 0 atom stereocenters. The summed E-state index contributed by atoms with van der Waals surface area (Å²) in [6.07, 6.45) is 4.91. The molecule has 0 saturated heterocycles. The van der Waals surface area contributed by atoms with E-state index in [0.717, 1.165) is 18.7 Å². The Kier molecular flexibility index (Phi) is 4.93. The fourth-order valence-electron chi connectivity index (χ4n) is 2.22. The van der Waals surface area contributed by atoms with Crippen LogP contribution in [0, 0.1) is 10.1 Å². The molecule has 0 N–H and O–H groups in total. The average molecular weight is 327 g/mol. The standard InChI is InChI=1S/C14H19BrN2O2/c1-2-3-8-16(12-5-6-12)10-11-4-7-13(15)14(9-11)17(18)19/h4,7,9,12H,2-3,5-6,8,10H2,1H3. The van der Waals surface area contributed by atoms with Crippen molar-refractivity contribution in [2.24, 2.45) is 0 Å². The Bertz CT molecular complexity index is 461. The van der Waals surface area contributed by atoms with Crippen molar-refractivity contribution >= 4 is 21.6 Å². The van der Waals surface area contributed by atoms with Crippen LogP contribution < -0.4 is 0 Å². The van der Waals surface area contributed by atoms with Crippen LogP contribution in [0.15, 0.2) is 22.7 Å². The summed E-state index contributed by atoms with van der Waals surface area (Å²) in [5.74, 6) is 0. The van der Waals surface area contributed by atoms with Crippen LogP contribution in [0.4, 0.5) is 5.69 Å².